The van der Waals surface area contributed by atoms with Gasteiger partial charge in [0.05, 0.1) is 11.3 Å². The van der Waals surface area contributed by atoms with Gasteiger partial charge in [0.25, 0.3) is 0 Å². The normalized spacial score (nSPS) is 12.8. The Labute approximate surface area is 147 Å². The minimum absolute atomic E-state index is 0.00354. The molecule has 0 bridgehead atoms. The SMILES string of the molecule is CC(C)Nc1ccc(C(=O)O)cc1S(=O)(=O)N[C@H](C)c1ccccc1. The number of aromatic carboxylic acids is 1. The van der Waals surface area contributed by atoms with Gasteiger partial charge in [-0.2, -0.15) is 0 Å². The van der Waals surface area contributed by atoms with E-state index in [0.29, 0.717) is 5.69 Å². The maximum absolute atomic E-state index is 12.8. The van der Waals surface area contributed by atoms with Crippen molar-refractivity contribution in [3.8, 4) is 0 Å². The van der Waals surface area contributed by atoms with Crippen molar-refractivity contribution in [3.63, 3.8) is 0 Å². The van der Waals surface area contributed by atoms with E-state index in [4.69, 9.17) is 0 Å². The summed E-state index contributed by atoms with van der Waals surface area (Å²) in [7, 11) is -3.92. The molecule has 0 aromatic heterocycles. The van der Waals surface area contributed by atoms with E-state index in [1.54, 1.807) is 6.92 Å². The van der Waals surface area contributed by atoms with Crippen LogP contribution in [-0.4, -0.2) is 25.5 Å². The Bertz CT molecular complexity index is 849. The van der Waals surface area contributed by atoms with Gasteiger partial charge in [-0.1, -0.05) is 30.3 Å². The predicted molar refractivity (Wildman–Crippen MR) is 97.3 cm³/mol. The van der Waals surface area contributed by atoms with Gasteiger partial charge in [0.15, 0.2) is 0 Å². The van der Waals surface area contributed by atoms with E-state index in [1.807, 2.05) is 44.2 Å². The van der Waals surface area contributed by atoms with Crippen LogP contribution in [0.3, 0.4) is 0 Å². The minimum atomic E-state index is -3.92. The molecule has 0 amide bonds. The number of hydrogen-bond acceptors (Lipinski definition) is 4. The topological polar surface area (TPSA) is 95.5 Å². The quantitative estimate of drug-likeness (QED) is 0.703. The van der Waals surface area contributed by atoms with Gasteiger partial charge in [-0.05, 0) is 44.5 Å². The fourth-order valence-electron chi connectivity index (χ4n) is 2.41. The van der Waals surface area contributed by atoms with Crippen molar-refractivity contribution >= 4 is 21.7 Å². The standard InChI is InChI=1S/C18H22N2O4S/c1-12(2)19-16-10-9-15(18(21)22)11-17(16)25(23,24)20-13(3)14-7-5-4-6-8-14/h4-13,19-20H,1-3H3,(H,21,22)/t13-/m1/s1. The highest BCUT2D eigenvalue weighted by atomic mass is 32.2. The molecule has 7 heteroatoms. The summed E-state index contributed by atoms with van der Waals surface area (Å²) >= 11 is 0. The second-order valence-electron chi connectivity index (χ2n) is 6.07. The van der Waals surface area contributed by atoms with Crippen LogP contribution in [-0.2, 0) is 10.0 Å². The number of hydrogen-bond donors (Lipinski definition) is 3. The summed E-state index contributed by atoms with van der Waals surface area (Å²) in [6, 6.07) is 12.7. The molecule has 0 heterocycles. The van der Waals surface area contributed by atoms with Crippen LogP contribution in [0, 0.1) is 0 Å². The summed E-state index contributed by atoms with van der Waals surface area (Å²) in [5.41, 5.74) is 1.11. The number of sulfonamides is 1. The van der Waals surface area contributed by atoms with E-state index in [9.17, 15) is 18.3 Å². The van der Waals surface area contributed by atoms with Crippen LogP contribution in [0.5, 0.6) is 0 Å². The van der Waals surface area contributed by atoms with Crippen molar-refractivity contribution in [1.82, 2.24) is 4.72 Å². The van der Waals surface area contributed by atoms with Crippen molar-refractivity contribution in [1.29, 1.82) is 0 Å². The number of anilines is 1. The lowest BCUT2D eigenvalue weighted by molar-refractivity contribution is 0.0696. The Hall–Kier alpha value is -2.38. The molecule has 134 valence electrons. The van der Waals surface area contributed by atoms with Gasteiger partial charge in [-0.15, -0.1) is 0 Å². The highest BCUT2D eigenvalue weighted by molar-refractivity contribution is 7.89. The van der Waals surface area contributed by atoms with Crippen molar-refractivity contribution in [3.05, 3.63) is 59.7 Å². The molecule has 3 N–H and O–H groups in total. The van der Waals surface area contributed by atoms with Crippen molar-refractivity contribution < 1.29 is 18.3 Å². The highest BCUT2D eigenvalue weighted by Crippen LogP contribution is 2.25. The summed E-state index contributed by atoms with van der Waals surface area (Å²) in [5.74, 6) is -1.18. The molecule has 0 radical (unpaired) electrons. The Morgan fingerprint density at radius 3 is 2.24 bits per heavy atom. The van der Waals surface area contributed by atoms with Crippen molar-refractivity contribution in [2.75, 3.05) is 5.32 Å². The number of benzene rings is 2. The Kier molecular flexibility index (Phi) is 5.81. The van der Waals surface area contributed by atoms with Crippen LogP contribution < -0.4 is 10.0 Å². The van der Waals surface area contributed by atoms with E-state index in [0.717, 1.165) is 5.56 Å². The first kappa shape index (κ1) is 19.0. The van der Waals surface area contributed by atoms with Gasteiger partial charge in [0, 0.05) is 12.1 Å². The second-order valence-corrected chi connectivity index (χ2v) is 7.75. The highest BCUT2D eigenvalue weighted by Gasteiger charge is 2.23. The molecule has 6 nitrogen and oxygen atoms in total. The molecule has 0 fully saturated rings. The van der Waals surface area contributed by atoms with Crippen LogP contribution in [0.15, 0.2) is 53.4 Å². The summed E-state index contributed by atoms with van der Waals surface area (Å²) in [4.78, 5) is 11.1. The van der Waals surface area contributed by atoms with Crippen LogP contribution in [0.25, 0.3) is 0 Å². The maximum Gasteiger partial charge on any atom is 0.335 e. The summed E-state index contributed by atoms with van der Waals surface area (Å²) in [6.07, 6.45) is 0. The van der Waals surface area contributed by atoms with Crippen LogP contribution in [0.1, 0.15) is 42.7 Å². The van der Waals surface area contributed by atoms with E-state index in [1.165, 1.54) is 18.2 Å². The number of rotatable bonds is 7. The summed E-state index contributed by atoms with van der Waals surface area (Å²) in [6.45, 7) is 5.49. The fourth-order valence-corrected chi connectivity index (χ4v) is 3.84. The van der Waals surface area contributed by atoms with E-state index >= 15 is 0 Å². The molecule has 0 saturated carbocycles. The minimum Gasteiger partial charge on any atom is -0.478 e. The lowest BCUT2D eigenvalue weighted by Gasteiger charge is -2.19. The molecule has 0 saturated heterocycles. The molecular formula is C18H22N2O4S. The molecule has 0 aliphatic heterocycles. The fraction of sp³-hybridized carbons (Fsp3) is 0.278. The predicted octanol–water partition coefficient (Wildman–Crippen LogP) is 3.24. The van der Waals surface area contributed by atoms with Gasteiger partial charge in [0.2, 0.25) is 10.0 Å². The largest absolute Gasteiger partial charge is 0.478 e. The third-order valence-corrected chi connectivity index (χ3v) is 5.17. The number of carbonyl (C=O) groups is 1. The molecule has 1 atom stereocenters. The lowest BCUT2D eigenvalue weighted by Crippen LogP contribution is -2.28. The molecule has 25 heavy (non-hydrogen) atoms. The van der Waals surface area contributed by atoms with E-state index in [-0.39, 0.29) is 16.5 Å². The summed E-state index contributed by atoms with van der Waals surface area (Å²) in [5, 5.41) is 12.2. The molecule has 0 aliphatic carbocycles. The van der Waals surface area contributed by atoms with Crippen molar-refractivity contribution in [2.24, 2.45) is 0 Å². The second kappa shape index (κ2) is 7.67. The van der Waals surface area contributed by atoms with Crippen LogP contribution in [0.4, 0.5) is 5.69 Å². The van der Waals surface area contributed by atoms with E-state index < -0.39 is 22.0 Å². The smallest absolute Gasteiger partial charge is 0.335 e. The average Bonchev–Trinajstić information content (AvgIpc) is 2.54. The monoisotopic (exact) mass is 362 g/mol. The first-order chi connectivity index (χ1) is 11.7. The first-order valence-electron chi connectivity index (χ1n) is 7.92. The van der Waals surface area contributed by atoms with Gasteiger partial charge in [-0.25, -0.2) is 17.9 Å². The third-order valence-electron chi connectivity index (χ3n) is 3.59. The Morgan fingerprint density at radius 1 is 1.04 bits per heavy atom. The maximum atomic E-state index is 12.8. The molecule has 2 rings (SSSR count). The number of carboxylic acids is 1. The lowest BCUT2D eigenvalue weighted by atomic mass is 10.1. The molecular weight excluding hydrogens is 340 g/mol. The Morgan fingerprint density at radius 2 is 1.68 bits per heavy atom. The van der Waals surface area contributed by atoms with Gasteiger partial charge in [-0.3, -0.25) is 0 Å². The number of nitrogens with one attached hydrogen (secondary N) is 2. The zero-order valence-corrected chi connectivity index (χ0v) is 15.2. The molecule has 0 unspecified atom stereocenters. The molecule has 0 aliphatic rings. The van der Waals surface area contributed by atoms with Crippen LogP contribution in [0.2, 0.25) is 0 Å². The van der Waals surface area contributed by atoms with Gasteiger partial charge in [0.1, 0.15) is 4.90 Å². The molecule has 2 aromatic rings. The van der Waals surface area contributed by atoms with E-state index in [2.05, 4.69) is 10.0 Å². The van der Waals surface area contributed by atoms with Gasteiger partial charge >= 0.3 is 5.97 Å². The third kappa shape index (κ3) is 4.80. The molecule has 2 aromatic carbocycles. The van der Waals surface area contributed by atoms with Crippen LogP contribution >= 0.6 is 0 Å². The zero-order chi connectivity index (χ0) is 18.6. The zero-order valence-electron chi connectivity index (χ0n) is 14.4. The number of carboxylic acid groups (broad SMARTS) is 1. The summed E-state index contributed by atoms with van der Waals surface area (Å²) < 4.78 is 28.3. The first-order valence-corrected chi connectivity index (χ1v) is 9.40. The Balaban J connectivity index is 2.42. The van der Waals surface area contributed by atoms with Crippen molar-refractivity contribution in [2.45, 2.75) is 37.8 Å². The molecule has 0 spiro atoms. The average molecular weight is 362 g/mol. The van der Waals surface area contributed by atoms with Gasteiger partial charge < -0.3 is 10.4 Å².